The first kappa shape index (κ1) is 21.8. The van der Waals surface area contributed by atoms with Crippen LogP contribution in [0.5, 0.6) is 0 Å². The van der Waals surface area contributed by atoms with Crippen LogP contribution in [0.3, 0.4) is 0 Å². The van der Waals surface area contributed by atoms with E-state index in [0.717, 1.165) is 0 Å². The second kappa shape index (κ2) is 10.5. The normalized spacial score (nSPS) is 9.24. The van der Waals surface area contributed by atoms with Crippen LogP contribution in [0.2, 0.25) is 0 Å². The lowest BCUT2D eigenvalue weighted by Gasteiger charge is -2.02. The minimum Gasteiger partial charge on any atom is -0.441 e. The van der Waals surface area contributed by atoms with Crippen molar-refractivity contribution >= 4 is 6.09 Å². The largest absolute Gasteiger partial charge is 0.441 e. The Morgan fingerprint density at radius 3 is 2.12 bits per heavy atom. The third-order valence-electron chi connectivity index (χ3n) is 2.60. The Labute approximate surface area is 144 Å². The van der Waals surface area contributed by atoms with Gasteiger partial charge in [-0.3, -0.25) is 0 Å². The van der Waals surface area contributed by atoms with Gasteiger partial charge in [0.25, 0.3) is 0 Å². The number of hydrogen-bond donors (Lipinski definition) is 1. The zero-order valence-electron chi connectivity index (χ0n) is 12.4. The summed E-state index contributed by atoms with van der Waals surface area (Å²) in [5.41, 5.74) is 0. The smallest absolute Gasteiger partial charge is 0.419 e. The fourth-order valence-electron chi connectivity index (χ4n) is 1.32. The molecular formula is C12H22N10O3. The average Bonchev–Trinajstić information content (AvgIpc) is 3.27. The fraction of sp³-hybridized carbons (Fsp3) is 0.500. The SMILES string of the molecule is C.C.Cn1nnnc1CO.Cn1nnnc1COC(=O)n1ccnc1. The van der Waals surface area contributed by atoms with Gasteiger partial charge in [-0.25, -0.2) is 23.7 Å². The number of tetrazole rings is 2. The van der Waals surface area contributed by atoms with Crippen LogP contribution in [0.1, 0.15) is 26.5 Å². The summed E-state index contributed by atoms with van der Waals surface area (Å²) in [6.45, 7) is -0.0794. The molecule has 0 radical (unpaired) electrons. The number of aliphatic hydroxyl groups is 1. The molecule has 0 spiro atoms. The fourth-order valence-corrected chi connectivity index (χ4v) is 1.32. The summed E-state index contributed by atoms with van der Waals surface area (Å²) in [4.78, 5) is 15.1. The van der Waals surface area contributed by atoms with Gasteiger partial charge in [0.2, 0.25) is 0 Å². The number of aromatic nitrogens is 10. The molecule has 0 fully saturated rings. The van der Waals surface area contributed by atoms with Crippen LogP contribution in [0.25, 0.3) is 0 Å². The van der Waals surface area contributed by atoms with Crippen LogP contribution in [0.15, 0.2) is 18.7 Å². The van der Waals surface area contributed by atoms with Crippen LogP contribution in [0, 0.1) is 0 Å². The molecular weight excluding hydrogens is 332 g/mol. The first-order chi connectivity index (χ1) is 11.1. The highest BCUT2D eigenvalue weighted by Crippen LogP contribution is 1.96. The van der Waals surface area contributed by atoms with Gasteiger partial charge in [0.1, 0.15) is 12.9 Å². The molecule has 13 heteroatoms. The number of rotatable bonds is 3. The van der Waals surface area contributed by atoms with Crippen molar-refractivity contribution in [2.45, 2.75) is 28.1 Å². The van der Waals surface area contributed by atoms with Gasteiger partial charge in [0.05, 0.1) is 0 Å². The molecule has 0 aromatic carbocycles. The number of carbonyl (C=O) groups is 1. The third kappa shape index (κ3) is 6.06. The Morgan fingerprint density at radius 1 is 1.12 bits per heavy atom. The van der Waals surface area contributed by atoms with E-state index in [1.54, 1.807) is 14.1 Å². The highest BCUT2D eigenvalue weighted by molar-refractivity contribution is 5.69. The Morgan fingerprint density at radius 2 is 1.72 bits per heavy atom. The van der Waals surface area contributed by atoms with E-state index in [0.29, 0.717) is 11.6 Å². The van der Waals surface area contributed by atoms with E-state index in [4.69, 9.17) is 9.84 Å². The summed E-state index contributed by atoms with van der Waals surface area (Å²) in [5.74, 6) is 0.952. The number of nitrogens with zero attached hydrogens (tertiary/aromatic N) is 10. The molecule has 1 N–H and O–H groups in total. The van der Waals surface area contributed by atoms with Crippen molar-refractivity contribution in [3.8, 4) is 0 Å². The molecule has 3 aromatic rings. The number of aryl methyl sites for hydroxylation is 2. The van der Waals surface area contributed by atoms with E-state index in [1.807, 2.05) is 0 Å². The molecule has 3 rings (SSSR count). The first-order valence-electron chi connectivity index (χ1n) is 6.30. The minimum atomic E-state index is -0.518. The summed E-state index contributed by atoms with van der Waals surface area (Å²) < 4.78 is 9.01. The minimum absolute atomic E-state index is 0. The number of aliphatic hydroxyl groups excluding tert-OH is 1. The van der Waals surface area contributed by atoms with Crippen molar-refractivity contribution in [2.75, 3.05) is 0 Å². The Hall–Kier alpha value is -3.22. The second-order valence-corrected chi connectivity index (χ2v) is 4.12. The summed E-state index contributed by atoms with van der Waals surface area (Å²) in [6.07, 6.45) is 3.83. The Kier molecular flexibility index (Phi) is 9.18. The lowest BCUT2D eigenvalue weighted by Crippen LogP contribution is -2.13. The maximum Gasteiger partial charge on any atom is 0.419 e. The number of ether oxygens (including phenoxy) is 1. The second-order valence-electron chi connectivity index (χ2n) is 4.12. The van der Waals surface area contributed by atoms with E-state index in [2.05, 4.69) is 36.0 Å². The van der Waals surface area contributed by atoms with Gasteiger partial charge in [-0.1, -0.05) is 14.9 Å². The zero-order chi connectivity index (χ0) is 16.7. The van der Waals surface area contributed by atoms with Crippen molar-refractivity contribution in [1.29, 1.82) is 0 Å². The average molecular weight is 354 g/mol. The molecule has 0 saturated heterocycles. The number of carbonyl (C=O) groups excluding carboxylic acids is 1. The lowest BCUT2D eigenvalue weighted by molar-refractivity contribution is 0.137. The summed E-state index contributed by atoms with van der Waals surface area (Å²) in [5, 5.41) is 29.4. The number of imidazole rings is 1. The van der Waals surface area contributed by atoms with Crippen molar-refractivity contribution in [3.05, 3.63) is 30.4 Å². The van der Waals surface area contributed by atoms with E-state index >= 15 is 0 Å². The maximum atomic E-state index is 11.3. The van der Waals surface area contributed by atoms with Gasteiger partial charge in [-0.15, -0.1) is 10.2 Å². The predicted octanol–water partition coefficient (Wildman–Crippen LogP) is -0.434. The third-order valence-corrected chi connectivity index (χ3v) is 2.60. The highest BCUT2D eigenvalue weighted by Gasteiger charge is 2.08. The summed E-state index contributed by atoms with van der Waals surface area (Å²) >= 11 is 0. The molecule has 0 unspecified atom stereocenters. The molecule has 0 aliphatic heterocycles. The Balaban J connectivity index is 0.000000497. The predicted molar refractivity (Wildman–Crippen MR) is 84.8 cm³/mol. The maximum absolute atomic E-state index is 11.3. The lowest BCUT2D eigenvalue weighted by atomic mass is 10.6. The standard InChI is InChI=1S/C7H8N6O2.C3H6N4O.2CH4/c1-12-6(9-10-11-12)4-15-7(14)13-3-2-8-5-13;1-7-3(2-8)4-5-6-7;;/h2-3,5H,4H2,1H3;8H,2H2,1H3;2*1H4. The van der Waals surface area contributed by atoms with Gasteiger partial charge in [0, 0.05) is 26.5 Å². The van der Waals surface area contributed by atoms with Crippen molar-refractivity contribution in [3.63, 3.8) is 0 Å². The Bertz CT molecular complexity index is 736. The molecule has 0 bridgehead atoms. The zero-order valence-corrected chi connectivity index (χ0v) is 12.4. The molecule has 0 amide bonds. The molecule has 138 valence electrons. The van der Waals surface area contributed by atoms with Gasteiger partial charge in [0.15, 0.2) is 18.3 Å². The van der Waals surface area contributed by atoms with Gasteiger partial charge >= 0.3 is 6.09 Å². The van der Waals surface area contributed by atoms with Gasteiger partial charge in [-0.2, -0.15) is 0 Å². The topological polar surface area (TPSA) is 152 Å². The van der Waals surface area contributed by atoms with Crippen LogP contribution in [0.4, 0.5) is 4.79 Å². The summed E-state index contributed by atoms with van der Waals surface area (Å²) in [6, 6.07) is 0. The molecule has 3 aromatic heterocycles. The van der Waals surface area contributed by atoms with Crippen LogP contribution < -0.4 is 0 Å². The molecule has 0 aliphatic carbocycles. The molecule has 3 heterocycles. The molecule has 0 saturated carbocycles. The van der Waals surface area contributed by atoms with E-state index < -0.39 is 6.09 Å². The number of hydrogen-bond acceptors (Lipinski definition) is 10. The van der Waals surface area contributed by atoms with Crippen LogP contribution in [-0.4, -0.2) is 61.2 Å². The van der Waals surface area contributed by atoms with E-state index in [9.17, 15) is 4.79 Å². The molecule has 0 atom stereocenters. The van der Waals surface area contributed by atoms with Crippen LogP contribution >= 0.6 is 0 Å². The quantitative estimate of drug-likeness (QED) is 0.655. The van der Waals surface area contributed by atoms with E-state index in [-0.39, 0.29) is 28.1 Å². The van der Waals surface area contributed by atoms with Gasteiger partial charge < -0.3 is 9.84 Å². The summed E-state index contributed by atoms with van der Waals surface area (Å²) in [7, 11) is 3.34. The van der Waals surface area contributed by atoms with Crippen LogP contribution in [-0.2, 0) is 32.0 Å². The highest BCUT2D eigenvalue weighted by atomic mass is 16.5. The molecule has 13 nitrogen and oxygen atoms in total. The molecule has 0 aliphatic rings. The first-order valence-corrected chi connectivity index (χ1v) is 6.30. The van der Waals surface area contributed by atoms with Gasteiger partial charge in [-0.05, 0) is 20.9 Å². The van der Waals surface area contributed by atoms with Crippen molar-refractivity contribution in [2.24, 2.45) is 14.1 Å². The van der Waals surface area contributed by atoms with E-state index in [1.165, 1.54) is 32.7 Å². The van der Waals surface area contributed by atoms with Crippen molar-refractivity contribution < 1.29 is 14.6 Å². The van der Waals surface area contributed by atoms with Crippen molar-refractivity contribution in [1.82, 2.24) is 50.0 Å². The molecule has 25 heavy (non-hydrogen) atoms. The monoisotopic (exact) mass is 354 g/mol.